The molecule has 6 nitrogen and oxygen atoms in total. The molecule has 1 amide bonds. The minimum Gasteiger partial charge on any atom is -0.497 e. The lowest BCUT2D eigenvalue weighted by Gasteiger charge is -2.14. The predicted molar refractivity (Wildman–Crippen MR) is 95.8 cm³/mol. The number of carbonyl (C=O) groups is 2. The molecule has 0 aliphatic carbocycles. The van der Waals surface area contributed by atoms with Gasteiger partial charge in [0.1, 0.15) is 11.8 Å². The average molecular weight is 342 g/mol. The summed E-state index contributed by atoms with van der Waals surface area (Å²) >= 11 is 0. The van der Waals surface area contributed by atoms with Crippen LogP contribution in [0.25, 0.3) is 0 Å². The molecule has 0 fully saturated rings. The van der Waals surface area contributed by atoms with E-state index in [0.717, 1.165) is 5.56 Å². The Labute approximate surface area is 146 Å². The molecule has 0 bridgehead atoms. The highest BCUT2D eigenvalue weighted by Gasteiger charge is 2.20. The fourth-order valence-electron chi connectivity index (χ4n) is 2.35. The Balaban J connectivity index is 1.82. The Morgan fingerprint density at radius 3 is 2.36 bits per heavy atom. The van der Waals surface area contributed by atoms with Gasteiger partial charge in [-0.2, -0.15) is 0 Å². The Morgan fingerprint density at radius 2 is 1.76 bits per heavy atom. The zero-order chi connectivity index (χ0) is 18.1. The predicted octanol–water partition coefficient (Wildman–Crippen LogP) is 2.31. The lowest BCUT2D eigenvalue weighted by molar-refractivity contribution is -0.141. The summed E-state index contributed by atoms with van der Waals surface area (Å²) in [6.07, 6.45) is 0.556. The molecule has 0 aliphatic rings. The van der Waals surface area contributed by atoms with Gasteiger partial charge >= 0.3 is 5.97 Å². The van der Waals surface area contributed by atoms with Crippen LogP contribution in [0.5, 0.6) is 5.75 Å². The Bertz CT molecular complexity index is 686. The number of nitrogens with one attached hydrogen (secondary N) is 2. The van der Waals surface area contributed by atoms with Crippen LogP contribution in [0.1, 0.15) is 12.0 Å². The molecule has 0 saturated heterocycles. The minimum absolute atomic E-state index is 0.143. The molecule has 0 spiro atoms. The van der Waals surface area contributed by atoms with Crippen molar-refractivity contribution in [3.05, 3.63) is 60.2 Å². The smallest absolute Gasteiger partial charge is 0.321 e. The topological polar surface area (TPSA) is 87.7 Å². The number of amides is 1. The maximum atomic E-state index is 12.1. The monoisotopic (exact) mass is 342 g/mol. The fourth-order valence-corrected chi connectivity index (χ4v) is 2.35. The molecule has 0 radical (unpaired) electrons. The van der Waals surface area contributed by atoms with Gasteiger partial charge in [-0.15, -0.1) is 0 Å². The molecular formula is C19H22N2O4. The molecular weight excluding hydrogens is 320 g/mol. The van der Waals surface area contributed by atoms with Crippen molar-refractivity contribution in [2.75, 3.05) is 19.0 Å². The van der Waals surface area contributed by atoms with Crippen molar-refractivity contribution in [2.45, 2.75) is 18.9 Å². The normalized spacial score (nSPS) is 11.6. The average Bonchev–Trinajstić information content (AvgIpc) is 2.62. The van der Waals surface area contributed by atoms with Crippen molar-refractivity contribution in [1.29, 1.82) is 0 Å². The third-order valence-electron chi connectivity index (χ3n) is 3.71. The number of carbonyl (C=O) groups excluding carboxylic acids is 1. The van der Waals surface area contributed by atoms with Crippen molar-refractivity contribution in [3.63, 3.8) is 0 Å². The lowest BCUT2D eigenvalue weighted by atomic mass is 10.1. The van der Waals surface area contributed by atoms with Gasteiger partial charge in [0.15, 0.2) is 0 Å². The van der Waals surface area contributed by atoms with Gasteiger partial charge in [-0.1, -0.05) is 30.3 Å². The van der Waals surface area contributed by atoms with Gasteiger partial charge in [-0.05, 0) is 42.8 Å². The van der Waals surface area contributed by atoms with Gasteiger partial charge in [0.2, 0.25) is 5.91 Å². The number of aliphatic carboxylic acids is 1. The number of carboxylic acid groups (broad SMARTS) is 1. The van der Waals surface area contributed by atoms with Crippen molar-refractivity contribution in [2.24, 2.45) is 0 Å². The van der Waals surface area contributed by atoms with Gasteiger partial charge in [0, 0.05) is 5.69 Å². The number of methoxy groups -OCH3 is 1. The van der Waals surface area contributed by atoms with Gasteiger partial charge in [-0.3, -0.25) is 9.59 Å². The van der Waals surface area contributed by atoms with Crippen LogP contribution in [0.15, 0.2) is 54.6 Å². The van der Waals surface area contributed by atoms with E-state index >= 15 is 0 Å². The molecule has 0 aliphatic heterocycles. The summed E-state index contributed by atoms with van der Waals surface area (Å²) in [5, 5.41) is 14.9. The van der Waals surface area contributed by atoms with Gasteiger partial charge in [-0.25, -0.2) is 0 Å². The summed E-state index contributed by atoms with van der Waals surface area (Å²) in [7, 11) is 1.56. The molecule has 2 aromatic carbocycles. The second-order valence-electron chi connectivity index (χ2n) is 5.56. The second-order valence-corrected chi connectivity index (χ2v) is 5.56. The lowest BCUT2D eigenvalue weighted by Crippen LogP contribution is -2.40. The summed E-state index contributed by atoms with van der Waals surface area (Å²) in [6, 6.07) is 15.7. The van der Waals surface area contributed by atoms with Crippen LogP contribution in [0, 0.1) is 0 Å². The first kappa shape index (κ1) is 18.5. The van der Waals surface area contributed by atoms with Crippen LogP contribution in [-0.2, 0) is 16.0 Å². The van der Waals surface area contributed by atoms with Crippen LogP contribution >= 0.6 is 0 Å². The largest absolute Gasteiger partial charge is 0.497 e. The second kappa shape index (κ2) is 9.44. The highest BCUT2D eigenvalue weighted by molar-refractivity contribution is 5.94. The van der Waals surface area contributed by atoms with Crippen LogP contribution < -0.4 is 15.4 Å². The first-order chi connectivity index (χ1) is 12.1. The molecule has 1 atom stereocenters. The first-order valence-corrected chi connectivity index (χ1v) is 8.02. The minimum atomic E-state index is -1.04. The van der Waals surface area contributed by atoms with E-state index in [2.05, 4.69) is 10.6 Å². The van der Waals surface area contributed by atoms with Crippen LogP contribution in [-0.4, -0.2) is 36.7 Å². The van der Waals surface area contributed by atoms with Crippen molar-refractivity contribution < 1.29 is 19.4 Å². The molecule has 25 heavy (non-hydrogen) atoms. The molecule has 132 valence electrons. The van der Waals surface area contributed by atoms with E-state index in [9.17, 15) is 14.7 Å². The van der Waals surface area contributed by atoms with E-state index in [4.69, 9.17) is 4.74 Å². The van der Waals surface area contributed by atoms with Gasteiger partial charge in [0.25, 0.3) is 0 Å². The fraction of sp³-hybridized carbons (Fsp3) is 0.263. The summed E-state index contributed by atoms with van der Waals surface area (Å²) in [5.41, 5.74) is 1.71. The number of carboxylic acids is 1. The Morgan fingerprint density at radius 1 is 1.08 bits per heavy atom. The van der Waals surface area contributed by atoms with E-state index in [0.29, 0.717) is 24.4 Å². The molecule has 2 rings (SSSR count). The zero-order valence-electron chi connectivity index (χ0n) is 14.1. The maximum absolute atomic E-state index is 12.1. The molecule has 1 unspecified atom stereocenters. The Hall–Kier alpha value is -2.86. The molecule has 2 aromatic rings. The van der Waals surface area contributed by atoms with Crippen molar-refractivity contribution >= 4 is 17.6 Å². The summed E-state index contributed by atoms with van der Waals surface area (Å²) in [4.78, 5) is 23.4. The number of hydrogen-bond acceptors (Lipinski definition) is 4. The molecule has 3 N–H and O–H groups in total. The van der Waals surface area contributed by atoms with Crippen molar-refractivity contribution in [3.8, 4) is 5.75 Å². The van der Waals surface area contributed by atoms with Crippen molar-refractivity contribution in [1.82, 2.24) is 5.32 Å². The van der Waals surface area contributed by atoms with E-state index in [1.165, 1.54) is 0 Å². The number of benzene rings is 2. The number of hydrogen-bond donors (Lipinski definition) is 3. The van der Waals surface area contributed by atoms with Gasteiger partial charge < -0.3 is 20.5 Å². The summed E-state index contributed by atoms with van der Waals surface area (Å²) < 4.78 is 5.05. The SMILES string of the molecule is COc1ccc(NC(=O)CC(NCCc2ccccc2)C(=O)O)cc1. The maximum Gasteiger partial charge on any atom is 0.321 e. The van der Waals surface area contributed by atoms with Crippen LogP contribution in [0.3, 0.4) is 0 Å². The van der Waals surface area contributed by atoms with Gasteiger partial charge in [0.05, 0.1) is 13.5 Å². The summed E-state index contributed by atoms with van der Waals surface area (Å²) in [6.45, 7) is 0.483. The number of anilines is 1. The molecule has 0 heterocycles. The van der Waals surface area contributed by atoms with E-state index in [1.54, 1.807) is 31.4 Å². The van der Waals surface area contributed by atoms with E-state index in [1.807, 2.05) is 30.3 Å². The zero-order valence-corrected chi connectivity index (χ0v) is 14.1. The van der Waals surface area contributed by atoms with Crippen LogP contribution in [0.4, 0.5) is 5.69 Å². The number of ether oxygens (including phenoxy) is 1. The number of rotatable bonds is 9. The summed E-state index contributed by atoms with van der Waals surface area (Å²) in [5.74, 6) is -0.716. The molecule has 0 saturated carbocycles. The Kier molecular flexibility index (Phi) is 6.98. The molecule has 6 heteroatoms. The highest BCUT2D eigenvalue weighted by Crippen LogP contribution is 2.15. The first-order valence-electron chi connectivity index (χ1n) is 8.02. The molecule has 0 aromatic heterocycles. The highest BCUT2D eigenvalue weighted by atomic mass is 16.5. The third-order valence-corrected chi connectivity index (χ3v) is 3.71. The van der Waals surface area contributed by atoms with Crippen LogP contribution in [0.2, 0.25) is 0 Å². The standard InChI is InChI=1S/C19H22N2O4/c1-25-16-9-7-15(8-10-16)21-18(22)13-17(19(23)24)20-12-11-14-5-3-2-4-6-14/h2-10,17,20H,11-13H2,1H3,(H,21,22)(H,23,24). The van der Waals surface area contributed by atoms with E-state index < -0.39 is 12.0 Å². The van der Waals surface area contributed by atoms with E-state index in [-0.39, 0.29) is 12.3 Å². The quantitative estimate of drug-likeness (QED) is 0.651. The third kappa shape index (κ3) is 6.27.